The molecule has 0 amide bonds. The highest BCUT2D eigenvalue weighted by Gasteiger charge is 2.02. The molecular weight excluding hydrogens is 254 g/mol. The summed E-state index contributed by atoms with van der Waals surface area (Å²) in [5.74, 6) is 0.572. The van der Waals surface area contributed by atoms with Crippen LogP contribution in [0.15, 0.2) is 34.8 Å². The second-order valence-corrected chi connectivity index (χ2v) is 4.41. The van der Waals surface area contributed by atoms with Gasteiger partial charge in [0, 0.05) is 16.2 Å². The van der Waals surface area contributed by atoms with Gasteiger partial charge in [0.25, 0.3) is 0 Å². The zero-order chi connectivity index (χ0) is 10.8. The van der Waals surface area contributed by atoms with Crippen LogP contribution in [0.25, 0.3) is 0 Å². The first-order valence-electron chi connectivity index (χ1n) is 4.69. The minimum Gasteiger partial charge on any atom is -0.382 e. The Hall–Kier alpha value is -1.29. The predicted octanol–water partition coefficient (Wildman–Crippen LogP) is 2.58. The molecule has 0 bridgehead atoms. The Balaban J connectivity index is 2.25. The lowest BCUT2D eigenvalue weighted by Gasteiger charge is -2.04. The van der Waals surface area contributed by atoms with Crippen LogP contribution in [0.1, 0.15) is 11.3 Å². The maximum atomic E-state index is 5.62. The Morgan fingerprint density at radius 2 is 2.20 bits per heavy atom. The highest BCUT2D eigenvalue weighted by atomic mass is 79.9. The van der Waals surface area contributed by atoms with Crippen molar-refractivity contribution < 1.29 is 0 Å². The molecule has 1 aromatic heterocycles. The van der Waals surface area contributed by atoms with Crippen molar-refractivity contribution in [2.45, 2.75) is 13.5 Å². The van der Waals surface area contributed by atoms with Gasteiger partial charge >= 0.3 is 0 Å². The molecule has 0 fully saturated rings. The number of rotatable bonds is 2. The summed E-state index contributed by atoms with van der Waals surface area (Å²) in [5, 5.41) is 4.21. The summed E-state index contributed by atoms with van der Waals surface area (Å²) in [6.45, 7) is 2.75. The lowest BCUT2D eigenvalue weighted by molar-refractivity contribution is 0.668. The van der Waals surface area contributed by atoms with Crippen LogP contribution in [-0.2, 0) is 6.54 Å². The molecule has 3 nitrogen and oxygen atoms in total. The highest BCUT2D eigenvalue weighted by molar-refractivity contribution is 9.10. The zero-order valence-electron chi connectivity index (χ0n) is 8.44. The quantitative estimate of drug-likeness (QED) is 0.907. The van der Waals surface area contributed by atoms with Gasteiger partial charge in [-0.2, -0.15) is 5.10 Å². The van der Waals surface area contributed by atoms with E-state index in [0.717, 1.165) is 16.7 Å². The van der Waals surface area contributed by atoms with Gasteiger partial charge in [0.1, 0.15) is 5.82 Å². The Kier molecular flexibility index (Phi) is 2.77. The molecule has 15 heavy (non-hydrogen) atoms. The van der Waals surface area contributed by atoms with Gasteiger partial charge in [0.2, 0.25) is 0 Å². The number of nitrogen functional groups attached to an aromatic ring is 1. The van der Waals surface area contributed by atoms with E-state index < -0.39 is 0 Å². The summed E-state index contributed by atoms with van der Waals surface area (Å²) in [5.41, 5.74) is 7.90. The van der Waals surface area contributed by atoms with Gasteiger partial charge in [-0.3, -0.25) is 4.68 Å². The van der Waals surface area contributed by atoms with Crippen LogP contribution in [0.4, 0.5) is 5.82 Å². The number of nitrogens with zero attached hydrogens (tertiary/aromatic N) is 2. The number of hydrogen-bond donors (Lipinski definition) is 1. The van der Waals surface area contributed by atoms with Crippen molar-refractivity contribution in [2.75, 3.05) is 5.73 Å². The van der Waals surface area contributed by atoms with Crippen LogP contribution >= 0.6 is 15.9 Å². The summed E-state index contributed by atoms with van der Waals surface area (Å²) in [4.78, 5) is 0. The standard InChI is InChI=1S/C11H12BrN3/c1-8-5-11(13)14-15(8)7-9-3-2-4-10(12)6-9/h2-6H,7H2,1H3,(H2,13,14). The van der Waals surface area contributed by atoms with Gasteiger partial charge in [-0.15, -0.1) is 0 Å². The number of nitrogens with two attached hydrogens (primary N) is 1. The first-order chi connectivity index (χ1) is 7.15. The summed E-state index contributed by atoms with van der Waals surface area (Å²) in [6, 6.07) is 10.0. The van der Waals surface area contributed by atoms with Crippen molar-refractivity contribution in [2.24, 2.45) is 0 Å². The Morgan fingerprint density at radius 3 is 2.80 bits per heavy atom. The van der Waals surface area contributed by atoms with Crippen LogP contribution < -0.4 is 5.73 Å². The first-order valence-corrected chi connectivity index (χ1v) is 5.49. The number of aromatic nitrogens is 2. The maximum Gasteiger partial charge on any atom is 0.145 e. The van der Waals surface area contributed by atoms with E-state index in [-0.39, 0.29) is 0 Å². The third kappa shape index (κ3) is 2.39. The van der Waals surface area contributed by atoms with Crippen molar-refractivity contribution in [1.29, 1.82) is 0 Å². The molecule has 4 heteroatoms. The molecule has 0 unspecified atom stereocenters. The van der Waals surface area contributed by atoms with Crippen molar-refractivity contribution in [3.8, 4) is 0 Å². The molecule has 0 radical (unpaired) electrons. The summed E-state index contributed by atoms with van der Waals surface area (Å²) < 4.78 is 2.98. The lowest BCUT2D eigenvalue weighted by Crippen LogP contribution is -2.04. The molecular formula is C11H12BrN3. The van der Waals surface area contributed by atoms with Gasteiger partial charge in [0.05, 0.1) is 6.54 Å². The number of halogens is 1. The summed E-state index contributed by atoms with van der Waals surface area (Å²) in [7, 11) is 0. The van der Waals surface area contributed by atoms with Crippen LogP contribution in [0.3, 0.4) is 0 Å². The largest absolute Gasteiger partial charge is 0.382 e. The van der Waals surface area contributed by atoms with E-state index in [1.54, 1.807) is 0 Å². The van der Waals surface area contributed by atoms with Gasteiger partial charge < -0.3 is 5.73 Å². The SMILES string of the molecule is Cc1cc(N)nn1Cc1cccc(Br)c1. The van der Waals surface area contributed by atoms with E-state index in [4.69, 9.17) is 5.73 Å². The van der Waals surface area contributed by atoms with Gasteiger partial charge in [-0.1, -0.05) is 28.1 Å². The van der Waals surface area contributed by atoms with Crippen LogP contribution in [0.5, 0.6) is 0 Å². The molecule has 1 heterocycles. The minimum atomic E-state index is 0.572. The van der Waals surface area contributed by atoms with Gasteiger partial charge in [-0.25, -0.2) is 0 Å². The molecule has 0 aliphatic carbocycles. The van der Waals surface area contributed by atoms with Crippen molar-refractivity contribution in [3.63, 3.8) is 0 Å². The van der Waals surface area contributed by atoms with Crippen molar-refractivity contribution >= 4 is 21.7 Å². The van der Waals surface area contributed by atoms with Gasteiger partial charge in [0.15, 0.2) is 0 Å². The number of hydrogen-bond acceptors (Lipinski definition) is 2. The smallest absolute Gasteiger partial charge is 0.145 e. The van der Waals surface area contributed by atoms with E-state index >= 15 is 0 Å². The van der Waals surface area contributed by atoms with Crippen LogP contribution in [-0.4, -0.2) is 9.78 Å². The number of aryl methyl sites for hydroxylation is 1. The average Bonchev–Trinajstić information content (AvgIpc) is 2.45. The fourth-order valence-corrected chi connectivity index (χ4v) is 1.95. The highest BCUT2D eigenvalue weighted by Crippen LogP contribution is 2.14. The van der Waals surface area contributed by atoms with E-state index in [2.05, 4.69) is 33.2 Å². The second kappa shape index (κ2) is 4.06. The van der Waals surface area contributed by atoms with E-state index in [1.165, 1.54) is 5.56 Å². The number of anilines is 1. The molecule has 0 saturated carbocycles. The molecule has 78 valence electrons. The van der Waals surface area contributed by atoms with E-state index in [9.17, 15) is 0 Å². The molecule has 0 saturated heterocycles. The zero-order valence-corrected chi connectivity index (χ0v) is 10.0. The third-order valence-electron chi connectivity index (χ3n) is 2.22. The molecule has 0 atom stereocenters. The van der Waals surface area contributed by atoms with E-state index in [0.29, 0.717) is 5.82 Å². The molecule has 0 aliphatic rings. The summed E-state index contributed by atoms with van der Waals surface area (Å²) >= 11 is 3.44. The molecule has 0 spiro atoms. The van der Waals surface area contributed by atoms with Crippen LogP contribution in [0, 0.1) is 6.92 Å². The second-order valence-electron chi connectivity index (χ2n) is 3.50. The maximum absolute atomic E-state index is 5.62. The molecule has 2 N–H and O–H groups in total. The van der Waals surface area contributed by atoms with Crippen molar-refractivity contribution in [1.82, 2.24) is 9.78 Å². The first kappa shape index (κ1) is 10.2. The van der Waals surface area contributed by atoms with Crippen molar-refractivity contribution in [3.05, 3.63) is 46.1 Å². The third-order valence-corrected chi connectivity index (χ3v) is 2.71. The predicted molar refractivity (Wildman–Crippen MR) is 64.6 cm³/mol. The topological polar surface area (TPSA) is 43.8 Å². The van der Waals surface area contributed by atoms with Crippen LogP contribution in [0.2, 0.25) is 0 Å². The molecule has 1 aromatic carbocycles. The molecule has 0 aliphatic heterocycles. The number of benzene rings is 1. The monoisotopic (exact) mass is 265 g/mol. The Morgan fingerprint density at radius 1 is 1.40 bits per heavy atom. The molecule has 2 rings (SSSR count). The van der Waals surface area contributed by atoms with Gasteiger partial charge in [-0.05, 0) is 24.6 Å². The minimum absolute atomic E-state index is 0.572. The van der Waals surface area contributed by atoms with E-state index in [1.807, 2.05) is 29.8 Å². The summed E-state index contributed by atoms with van der Waals surface area (Å²) in [6.07, 6.45) is 0. The molecule has 2 aromatic rings. The Labute approximate surface area is 97.0 Å². The fraction of sp³-hybridized carbons (Fsp3) is 0.182. The lowest BCUT2D eigenvalue weighted by atomic mass is 10.2. The Bertz CT molecular complexity index is 476. The average molecular weight is 266 g/mol. The normalized spacial score (nSPS) is 10.5. The fourth-order valence-electron chi connectivity index (χ4n) is 1.50.